The van der Waals surface area contributed by atoms with Gasteiger partial charge in [0.2, 0.25) is 0 Å². The molecular weight excluding hydrogens is 272 g/mol. The summed E-state index contributed by atoms with van der Waals surface area (Å²) in [4.78, 5) is 2.60. The number of piperidine rings is 1. The van der Waals surface area contributed by atoms with Crippen molar-refractivity contribution in [2.75, 3.05) is 13.2 Å². The Morgan fingerprint density at radius 3 is 2.55 bits per heavy atom. The predicted octanol–water partition coefficient (Wildman–Crippen LogP) is 4.13. The Morgan fingerprint density at radius 1 is 1.23 bits per heavy atom. The first-order valence-corrected chi connectivity index (χ1v) is 8.88. The zero-order valence-electron chi connectivity index (χ0n) is 14.4. The highest BCUT2D eigenvalue weighted by atomic mass is 16.5. The average Bonchev–Trinajstić information content (AvgIpc) is 2.52. The lowest BCUT2D eigenvalue weighted by molar-refractivity contribution is 0.0563. The molecule has 3 unspecified atom stereocenters. The molecular formula is C19H32N2O. The maximum absolute atomic E-state index is 6.19. The third-order valence-electron chi connectivity index (χ3n) is 4.88. The Balaban J connectivity index is 2.22. The van der Waals surface area contributed by atoms with E-state index in [9.17, 15) is 0 Å². The van der Waals surface area contributed by atoms with Gasteiger partial charge in [-0.15, -0.1) is 0 Å². The van der Waals surface area contributed by atoms with Crippen molar-refractivity contribution in [1.29, 1.82) is 0 Å². The highest BCUT2D eigenvalue weighted by Crippen LogP contribution is 2.35. The molecule has 0 radical (unpaired) electrons. The van der Waals surface area contributed by atoms with Crippen LogP contribution in [0.1, 0.15) is 64.5 Å². The van der Waals surface area contributed by atoms with E-state index >= 15 is 0 Å². The minimum atomic E-state index is 0.253. The van der Waals surface area contributed by atoms with Crippen LogP contribution in [0.4, 0.5) is 0 Å². The number of likely N-dealkylation sites (tertiary alicyclic amines) is 1. The summed E-state index contributed by atoms with van der Waals surface area (Å²) in [6, 6.07) is 9.86. The van der Waals surface area contributed by atoms with Crippen LogP contribution in [0, 0.1) is 0 Å². The average molecular weight is 304 g/mol. The molecule has 1 heterocycles. The molecule has 0 aromatic heterocycles. The first-order valence-electron chi connectivity index (χ1n) is 8.88. The van der Waals surface area contributed by atoms with Gasteiger partial charge < -0.3 is 10.5 Å². The lowest BCUT2D eigenvalue weighted by Gasteiger charge is -2.44. The van der Waals surface area contributed by atoms with Gasteiger partial charge in [-0.2, -0.15) is 0 Å². The molecule has 1 aliphatic heterocycles. The molecule has 3 heteroatoms. The summed E-state index contributed by atoms with van der Waals surface area (Å²) in [6.07, 6.45) is 6.10. The lowest BCUT2D eigenvalue weighted by Crippen LogP contribution is -2.48. The molecule has 1 aromatic rings. The van der Waals surface area contributed by atoms with Crippen LogP contribution in [0.15, 0.2) is 24.3 Å². The van der Waals surface area contributed by atoms with Gasteiger partial charge in [-0.25, -0.2) is 0 Å². The number of hydrogen-bond donors (Lipinski definition) is 1. The fraction of sp³-hybridized carbons (Fsp3) is 0.684. The van der Waals surface area contributed by atoms with Gasteiger partial charge in [0.15, 0.2) is 0 Å². The molecule has 2 N–H and O–H groups in total. The number of unbranched alkanes of at least 4 members (excludes halogenated alkanes) is 1. The monoisotopic (exact) mass is 304 g/mol. The second-order valence-corrected chi connectivity index (χ2v) is 6.57. The van der Waals surface area contributed by atoms with Crippen molar-refractivity contribution in [3.05, 3.63) is 29.8 Å². The highest BCUT2D eigenvalue weighted by molar-refractivity contribution is 5.36. The van der Waals surface area contributed by atoms with Crippen molar-refractivity contribution in [3.8, 4) is 5.75 Å². The topological polar surface area (TPSA) is 38.5 Å². The molecule has 3 nitrogen and oxygen atoms in total. The molecule has 2 rings (SSSR count). The molecule has 0 aliphatic carbocycles. The molecule has 1 aliphatic rings. The first-order chi connectivity index (χ1) is 10.7. The summed E-state index contributed by atoms with van der Waals surface area (Å²) < 4.78 is 6.04. The van der Waals surface area contributed by atoms with Crippen LogP contribution in [0.2, 0.25) is 0 Å². The Hall–Kier alpha value is -1.06. The van der Waals surface area contributed by atoms with Gasteiger partial charge in [0.25, 0.3) is 0 Å². The van der Waals surface area contributed by atoms with E-state index in [0.29, 0.717) is 18.6 Å². The summed E-state index contributed by atoms with van der Waals surface area (Å²) in [7, 11) is 0. The Kier molecular flexibility index (Phi) is 6.71. The fourth-order valence-corrected chi connectivity index (χ4v) is 3.68. The molecule has 0 saturated carbocycles. The Morgan fingerprint density at radius 2 is 1.91 bits per heavy atom. The van der Waals surface area contributed by atoms with Crippen LogP contribution in [0.5, 0.6) is 5.75 Å². The Labute approximate surface area is 135 Å². The highest BCUT2D eigenvalue weighted by Gasteiger charge is 2.32. The lowest BCUT2D eigenvalue weighted by atomic mass is 9.92. The third kappa shape index (κ3) is 4.02. The van der Waals surface area contributed by atoms with E-state index in [0.717, 1.165) is 25.2 Å². The van der Waals surface area contributed by atoms with E-state index < -0.39 is 0 Å². The van der Waals surface area contributed by atoms with E-state index in [-0.39, 0.29) is 6.04 Å². The standard InChI is InChI=1S/C19H32N2O/c1-4-5-13-22-19-12-7-6-11-17(19)18(14-20)21-15(2)9-8-10-16(21)3/h6-7,11-12,15-16,18H,4-5,8-10,13-14,20H2,1-3H3. The summed E-state index contributed by atoms with van der Waals surface area (Å²) in [5.74, 6) is 1.01. The molecule has 22 heavy (non-hydrogen) atoms. The van der Waals surface area contributed by atoms with Crippen molar-refractivity contribution >= 4 is 0 Å². The second kappa shape index (κ2) is 8.54. The molecule has 3 atom stereocenters. The van der Waals surface area contributed by atoms with Gasteiger partial charge in [-0.3, -0.25) is 4.90 Å². The zero-order valence-corrected chi connectivity index (χ0v) is 14.4. The number of ether oxygens (including phenoxy) is 1. The molecule has 124 valence electrons. The second-order valence-electron chi connectivity index (χ2n) is 6.57. The molecule has 0 amide bonds. The maximum atomic E-state index is 6.19. The zero-order chi connectivity index (χ0) is 15.9. The number of benzene rings is 1. The third-order valence-corrected chi connectivity index (χ3v) is 4.88. The number of nitrogens with zero attached hydrogens (tertiary/aromatic N) is 1. The summed E-state index contributed by atoms with van der Waals surface area (Å²) in [5, 5.41) is 0. The quantitative estimate of drug-likeness (QED) is 0.770. The van der Waals surface area contributed by atoms with E-state index in [1.54, 1.807) is 0 Å². The van der Waals surface area contributed by atoms with Crippen molar-refractivity contribution < 1.29 is 4.74 Å². The van der Waals surface area contributed by atoms with Crippen LogP contribution in [-0.2, 0) is 0 Å². The van der Waals surface area contributed by atoms with E-state index in [1.807, 2.05) is 0 Å². The van der Waals surface area contributed by atoms with Gasteiger partial charge in [-0.1, -0.05) is 38.0 Å². The van der Waals surface area contributed by atoms with Crippen molar-refractivity contribution in [2.45, 2.75) is 71.0 Å². The molecule has 1 aromatic carbocycles. The number of hydrogen-bond acceptors (Lipinski definition) is 3. The minimum Gasteiger partial charge on any atom is -0.493 e. The van der Waals surface area contributed by atoms with Crippen molar-refractivity contribution in [1.82, 2.24) is 4.90 Å². The predicted molar refractivity (Wildman–Crippen MR) is 93.3 cm³/mol. The summed E-state index contributed by atoms with van der Waals surface area (Å²) in [6.45, 7) is 8.28. The molecule has 0 spiro atoms. The summed E-state index contributed by atoms with van der Waals surface area (Å²) in [5.41, 5.74) is 7.44. The maximum Gasteiger partial charge on any atom is 0.124 e. The smallest absolute Gasteiger partial charge is 0.124 e. The van der Waals surface area contributed by atoms with E-state index in [1.165, 1.54) is 24.8 Å². The van der Waals surface area contributed by atoms with Crippen molar-refractivity contribution in [2.24, 2.45) is 5.73 Å². The largest absolute Gasteiger partial charge is 0.493 e. The van der Waals surface area contributed by atoms with E-state index in [2.05, 4.69) is 49.9 Å². The minimum absolute atomic E-state index is 0.253. The SMILES string of the molecule is CCCCOc1ccccc1C(CN)N1C(C)CCCC1C. The fourth-order valence-electron chi connectivity index (χ4n) is 3.68. The first kappa shape index (κ1) is 17.3. The van der Waals surface area contributed by atoms with Crippen LogP contribution in [-0.4, -0.2) is 30.1 Å². The molecule has 1 fully saturated rings. The normalized spacial score (nSPS) is 24.2. The summed E-state index contributed by atoms with van der Waals surface area (Å²) >= 11 is 0. The van der Waals surface area contributed by atoms with Crippen molar-refractivity contribution in [3.63, 3.8) is 0 Å². The number of nitrogens with two attached hydrogens (primary N) is 1. The van der Waals surface area contributed by atoms with Crippen LogP contribution in [0.25, 0.3) is 0 Å². The van der Waals surface area contributed by atoms with Gasteiger partial charge in [0, 0.05) is 24.2 Å². The van der Waals surface area contributed by atoms with Gasteiger partial charge in [0.1, 0.15) is 5.75 Å². The Bertz CT molecular complexity index is 439. The van der Waals surface area contributed by atoms with Gasteiger partial charge >= 0.3 is 0 Å². The van der Waals surface area contributed by atoms with Gasteiger partial charge in [-0.05, 0) is 39.2 Å². The number of para-hydroxylation sites is 1. The molecule has 0 bridgehead atoms. The van der Waals surface area contributed by atoms with E-state index in [4.69, 9.17) is 10.5 Å². The van der Waals surface area contributed by atoms with Crippen LogP contribution < -0.4 is 10.5 Å². The van der Waals surface area contributed by atoms with Crippen LogP contribution >= 0.6 is 0 Å². The molecule has 1 saturated heterocycles. The number of rotatable bonds is 7. The van der Waals surface area contributed by atoms with Gasteiger partial charge in [0.05, 0.1) is 12.6 Å². The van der Waals surface area contributed by atoms with Crippen LogP contribution in [0.3, 0.4) is 0 Å².